The van der Waals surface area contributed by atoms with Crippen LogP contribution in [0.4, 0.5) is 4.39 Å². The highest BCUT2D eigenvalue weighted by molar-refractivity contribution is 7.98. The maximum atomic E-state index is 13.4. The van der Waals surface area contributed by atoms with Crippen LogP contribution >= 0.6 is 23.4 Å². The zero-order valence-electron chi connectivity index (χ0n) is 14.5. The number of benzene rings is 2. The quantitative estimate of drug-likeness (QED) is 0.466. The highest BCUT2D eigenvalue weighted by atomic mass is 35.5. The fourth-order valence-electron chi connectivity index (χ4n) is 2.69. The largest absolute Gasteiger partial charge is 0.291 e. The number of hydrogen-bond donors (Lipinski definition) is 0. The summed E-state index contributed by atoms with van der Waals surface area (Å²) in [5.74, 6) is 0.363. The van der Waals surface area contributed by atoms with Crippen molar-refractivity contribution in [2.45, 2.75) is 24.3 Å². The van der Waals surface area contributed by atoms with Crippen LogP contribution in [0.15, 0.2) is 58.5 Å². The van der Waals surface area contributed by atoms with Gasteiger partial charge in [-0.25, -0.2) is 9.37 Å². The van der Waals surface area contributed by atoms with Gasteiger partial charge < -0.3 is 0 Å². The van der Waals surface area contributed by atoms with Crippen LogP contribution in [0.2, 0.25) is 5.02 Å². The molecule has 3 nitrogen and oxygen atoms in total. The standard InChI is InChI=1S/C20H18ClFN2OS/c1-13-18(11-14-5-4-8-17(22)10-14)19(25)24(2)20(23-13)26-12-15-6-3-7-16(21)9-15/h3-10H,11-12H2,1-2H3. The van der Waals surface area contributed by atoms with Gasteiger partial charge in [-0.1, -0.05) is 47.6 Å². The van der Waals surface area contributed by atoms with Crippen molar-refractivity contribution >= 4 is 23.4 Å². The van der Waals surface area contributed by atoms with Crippen LogP contribution in [0.25, 0.3) is 0 Å². The molecular formula is C20H18ClFN2OS. The number of thioether (sulfide) groups is 1. The van der Waals surface area contributed by atoms with Gasteiger partial charge in [-0.3, -0.25) is 9.36 Å². The van der Waals surface area contributed by atoms with Gasteiger partial charge in [0.15, 0.2) is 5.16 Å². The summed E-state index contributed by atoms with van der Waals surface area (Å²) in [4.78, 5) is 17.3. The van der Waals surface area contributed by atoms with E-state index >= 15 is 0 Å². The second-order valence-corrected chi connectivity index (χ2v) is 7.43. The fourth-order valence-corrected chi connectivity index (χ4v) is 3.85. The summed E-state index contributed by atoms with van der Waals surface area (Å²) in [6, 6.07) is 13.9. The summed E-state index contributed by atoms with van der Waals surface area (Å²) in [6.07, 6.45) is 0.364. The van der Waals surface area contributed by atoms with E-state index in [9.17, 15) is 9.18 Å². The predicted molar refractivity (Wildman–Crippen MR) is 104 cm³/mol. The molecule has 3 rings (SSSR count). The summed E-state index contributed by atoms with van der Waals surface area (Å²) < 4.78 is 14.9. The molecule has 1 aromatic heterocycles. The number of nitrogens with zero attached hydrogens (tertiary/aromatic N) is 2. The molecule has 0 saturated heterocycles. The summed E-state index contributed by atoms with van der Waals surface area (Å²) in [5.41, 5.74) is 2.98. The molecule has 0 atom stereocenters. The highest BCUT2D eigenvalue weighted by Gasteiger charge is 2.13. The Balaban J connectivity index is 1.84. The number of aryl methyl sites for hydroxylation is 1. The van der Waals surface area contributed by atoms with Gasteiger partial charge >= 0.3 is 0 Å². The minimum atomic E-state index is -0.307. The zero-order chi connectivity index (χ0) is 18.7. The topological polar surface area (TPSA) is 34.9 Å². The minimum Gasteiger partial charge on any atom is -0.291 e. The van der Waals surface area contributed by atoms with Gasteiger partial charge in [0.05, 0.1) is 0 Å². The van der Waals surface area contributed by atoms with Crippen LogP contribution in [0.5, 0.6) is 0 Å². The maximum absolute atomic E-state index is 13.4. The molecule has 0 aliphatic carbocycles. The molecule has 1 heterocycles. The number of aromatic nitrogens is 2. The van der Waals surface area contributed by atoms with Gasteiger partial charge in [0.25, 0.3) is 5.56 Å². The first-order chi connectivity index (χ1) is 12.4. The molecular weight excluding hydrogens is 371 g/mol. The summed E-state index contributed by atoms with van der Waals surface area (Å²) >= 11 is 7.50. The summed E-state index contributed by atoms with van der Waals surface area (Å²) in [5, 5.41) is 1.34. The lowest BCUT2D eigenvalue weighted by Gasteiger charge is -2.12. The van der Waals surface area contributed by atoms with Crippen molar-refractivity contribution in [1.82, 2.24) is 9.55 Å². The molecule has 0 spiro atoms. The SMILES string of the molecule is Cc1nc(SCc2cccc(Cl)c2)n(C)c(=O)c1Cc1cccc(F)c1. The average Bonchev–Trinajstić information content (AvgIpc) is 2.61. The third kappa shape index (κ3) is 4.34. The van der Waals surface area contributed by atoms with Crippen LogP contribution in [0, 0.1) is 12.7 Å². The van der Waals surface area contributed by atoms with E-state index in [-0.39, 0.29) is 11.4 Å². The molecule has 0 unspecified atom stereocenters. The minimum absolute atomic E-state index is 0.102. The van der Waals surface area contributed by atoms with E-state index in [0.29, 0.717) is 33.6 Å². The van der Waals surface area contributed by atoms with Gasteiger partial charge in [-0.05, 0) is 42.3 Å². The first-order valence-electron chi connectivity index (χ1n) is 8.12. The first kappa shape index (κ1) is 18.7. The second kappa shape index (κ2) is 8.06. The van der Waals surface area contributed by atoms with E-state index in [1.807, 2.05) is 37.3 Å². The summed E-state index contributed by atoms with van der Waals surface area (Å²) in [6.45, 7) is 1.82. The Morgan fingerprint density at radius 3 is 2.62 bits per heavy atom. The van der Waals surface area contributed by atoms with Gasteiger partial charge in [0.2, 0.25) is 0 Å². The third-order valence-corrected chi connectivity index (χ3v) is 5.41. The van der Waals surface area contributed by atoms with Crippen LogP contribution < -0.4 is 5.56 Å². The smallest absolute Gasteiger partial charge is 0.257 e. The normalized spacial score (nSPS) is 10.9. The number of hydrogen-bond acceptors (Lipinski definition) is 3. The molecule has 0 saturated carbocycles. The van der Waals surface area contributed by atoms with Crippen molar-refractivity contribution in [2.75, 3.05) is 0 Å². The van der Waals surface area contributed by atoms with Crippen LogP contribution in [0.3, 0.4) is 0 Å². The Morgan fingerprint density at radius 1 is 1.15 bits per heavy atom. The number of rotatable bonds is 5. The molecule has 3 aromatic rings. The molecule has 0 amide bonds. The van der Waals surface area contributed by atoms with E-state index in [4.69, 9.17) is 11.6 Å². The molecule has 0 aliphatic rings. The van der Waals surface area contributed by atoms with E-state index in [1.54, 1.807) is 17.7 Å². The van der Waals surface area contributed by atoms with E-state index in [2.05, 4.69) is 4.98 Å². The van der Waals surface area contributed by atoms with Crippen LogP contribution in [0.1, 0.15) is 22.4 Å². The van der Waals surface area contributed by atoms with Crippen molar-refractivity contribution < 1.29 is 4.39 Å². The predicted octanol–water partition coefficient (Wildman–Crippen LogP) is 4.76. The Bertz CT molecular complexity index is 1000. The Morgan fingerprint density at radius 2 is 1.88 bits per heavy atom. The van der Waals surface area contributed by atoms with Gasteiger partial charge in [0, 0.05) is 35.5 Å². The maximum Gasteiger partial charge on any atom is 0.257 e. The van der Waals surface area contributed by atoms with Crippen LogP contribution in [-0.4, -0.2) is 9.55 Å². The molecule has 0 N–H and O–H groups in total. The van der Waals surface area contributed by atoms with Crippen molar-refractivity contribution in [3.63, 3.8) is 0 Å². The van der Waals surface area contributed by atoms with Crippen LogP contribution in [-0.2, 0) is 19.2 Å². The Hall–Kier alpha value is -2.11. The van der Waals surface area contributed by atoms with Crippen molar-refractivity contribution in [1.29, 1.82) is 0 Å². The van der Waals surface area contributed by atoms with Gasteiger partial charge in [0.1, 0.15) is 5.82 Å². The molecule has 6 heteroatoms. The molecule has 0 aliphatic heterocycles. The van der Waals surface area contributed by atoms with Crippen molar-refractivity contribution in [3.8, 4) is 0 Å². The Kier molecular flexibility index (Phi) is 5.79. The van der Waals surface area contributed by atoms with Crippen molar-refractivity contribution in [2.24, 2.45) is 7.05 Å². The third-order valence-electron chi connectivity index (χ3n) is 4.08. The molecule has 0 radical (unpaired) electrons. The summed E-state index contributed by atoms with van der Waals surface area (Å²) in [7, 11) is 1.71. The molecule has 0 fully saturated rings. The molecule has 0 bridgehead atoms. The Labute approximate surface area is 160 Å². The lowest BCUT2D eigenvalue weighted by atomic mass is 10.1. The van der Waals surface area contributed by atoms with Crippen molar-refractivity contribution in [3.05, 3.63) is 92.1 Å². The molecule has 2 aromatic carbocycles. The van der Waals surface area contributed by atoms with E-state index < -0.39 is 0 Å². The average molecular weight is 389 g/mol. The van der Waals surface area contributed by atoms with E-state index in [0.717, 1.165) is 11.1 Å². The molecule has 134 valence electrons. The second-order valence-electron chi connectivity index (χ2n) is 6.05. The monoisotopic (exact) mass is 388 g/mol. The number of halogens is 2. The fraction of sp³-hybridized carbons (Fsp3) is 0.200. The lowest BCUT2D eigenvalue weighted by molar-refractivity contribution is 0.625. The van der Waals surface area contributed by atoms with Gasteiger partial charge in [-0.15, -0.1) is 0 Å². The zero-order valence-corrected chi connectivity index (χ0v) is 16.1. The van der Waals surface area contributed by atoms with Gasteiger partial charge in [-0.2, -0.15) is 0 Å². The first-order valence-corrected chi connectivity index (χ1v) is 9.48. The highest BCUT2D eigenvalue weighted by Crippen LogP contribution is 2.22. The molecule has 26 heavy (non-hydrogen) atoms. The lowest BCUT2D eigenvalue weighted by Crippen LogP contribution is -2.25. The van der Waals surface area contributed by atoms with E-state index in [1.165, 1.54) is 23.9 Å².